The molecule has 0 spiro atoms. The lowest BCUT2D eigenvalue weighted by atomic mass is 9.89. The fourth-order valence-corrected chi connectivity index (χ4v) is 5.15. The lowest BCUT2D eigenvalue weighted by molar-refractivity contribution is 0.339. The molecule has 0 aromatic heterocycles. The van der Waals surface area contributed by atoms with E-state index < -0.39 is 11.6 Å². The van der Waals surface area contributed by atoms with Crippen LogP contribution in [0, 0.1) is 11.6 Å². The molecule has 0 saturated carbocycles. The summed E-state index contributed by atoms with van der Waals surface area (Å²) in [5.74, 6) is 0.769. The molecule has 2 aromatic rings. The van der Waals surface area contributed by atoms with Crippen LogP contribution >= 0.6 is 8.58 Å². The van der Waals surface area contributed by atoms with Crippen molar-refractivity contribution >= 4 is 13.9 Å². The second-order valence-corrected chi connectivity index (χ2v) is 8.09. The van der Waals surface area contributed by atoms with Gasteiger partial charge in [-0.15, -0.1) is 0 Å². The van der Waals surface area contributed by atoms with Gasteiger partial charge in [-0.2, -0.15) is 0 Å². The first-order chi connectivity index (χ1) is 12.9. The van der Waals surface area contributed by atoms with E-state index in [9.17, 15) is 8.78 Å². The van der Waals surface area contributed by atoms with Gasteiger partial charge in [-0.25, -0.2) is 8.78 Å². The number of ether oxygens (including phenoxy) is 3. The molecule has 148 valence electrons. The normalized spacial score (nSPS) is 13.6. The summed E-state index contributed by atoms with van der Waals surface area (Å²) >= 11 is 0. The molecule has 0 aliphatic heterocycles. The maximum absolute atomic E-state index is 14.4. The van der Waals surface area contributed by atoms with Crippen LogP contribution in [0.3, 0.4) is 0 Å². The zero-order chi connectivity index (χ0) is 20.0. The van der Waals surface area contributed by atoms with E-state index in [0.29, 0.717) is 22.6 Å². The maximum atomic E-state index is 14.4. The van der Waals surface area contributed by atoms with Crippen molar-refractivity contribution in [2.75, 3.05) is 21.3 Å². The molecule has 0 N–H and O–H groups in total. The molecule has 0 saturated heterocycles. The first-order valence-corrected chi connectivity index (χ1v) is 9.98. The van der Waals surface area contributed by atoms with E-state index in [0.717, 1.165) is 30.9 Å². The molecule has 0 heterocycles. The quantitative estimate of drug-likeness (QED) is 0.531. The molecule has 6 heteroatoms. The lowest BCUT2D eigenvalue weighted by Gasteiger charge is -2.35. The summed E-state index contributed by atoms with van der Waals surface area (Å²) in [5.41, 5.74) is 0.924. The zero-order valence-electron chi connectivity index (χ0n) is 16.5. The van der Waals surface area contributed by atoms with Crippen molar-refractivity contribution in [3.63, 3.8) is 0 Å². The van der Waals surface area contributed by atoms with Gasteiger partial charge in [-0.3, -0.25) is 0 Å². The largest absolute Gasteiger partial charge is 0.497 e. The monoisotopic (exact) mass is 396 g/mol. The van der Waals surface area contributed by atoms with Gasteiger partial charge in [0.15, 0.2) is 11.5 Å². The predicted molar refractivity (Wildman–Crippen MR) is 107 cm³/mol. The number of rotatable bonds is 9. The van der Waals surface area contributed by atoms with E-state index in [-0.39, 0.29) is 13.7 Å². The van der Waals surface area contributed by atoms with Crippen molar-refractivity contribution in [2.45, 2.75) is 38.3 Å². The van der Waals surface area contributed by atoms with Crippen molar-refractivity contribution in [3.8, 4) is 17.2 Å². The van der Waals surface area contributed by atoms with Gasteiger partial charge in [0, 0.05) is 28.2 Å². The van der Waals surface area contributed by atoms with E-state index in [1.54, 1.807) is 27.4 Å². The summed E-state index contributed by atoms with van der Waals surface area (Å²) in [6.07, 6.45) is 2.50. The Labute approximate surface area is 161 Å². The Balaban J connectivity index is 2.67. The summed E-state index contributed by atoms with van der Waals surface area (Å²) in [6, 6.07) is 7.50. The molecule has 2 aromatic carbocycles. The highest BCUT2D eigenvalue weighted by Gasteiger charge is 2.35. The fraction of sp³-hybridized carbons (Fsp3) is 0.429. The molecule has 0 aliphatic rings. The van der Waals surface area contributed by atoms with E-state index in [4.69, 9.17) is 14.2 Å². The predicted octanol–water partition coefficient (Wildman–Crippen LogP) is 5.40. The van der Waals surface area contributed by atoms with Crippen LogP contribution in [0.2, 0.25) is 0 Å². The third kappa shape index (κ3) is 4.52. The van der Waals surface area contributed by atoms with E-state index >= 15 is 0 Å². The second-order valence-electron chi connectivity index (χ2n) is 6.35. The van der Waals surface area contributed by atoms with Gasteiger partial charge in [0.2, 0.25) is 0 Å². The van der Waals surface area contributed by atoms with E-state index in [1.165, 1.54) is 12.1 Å². The topological polar surface area (TPSA) is 27.7 Å². The van der Waals surface area contributed by atoms with Crippen molar-refractivity contribution < 1.29 is 23.0 Å². The standard InChI is InChI=1S/C21H27F2O3P/c1-6-10-21(7-2,27-19-9-8-14(22)11-17(19)23)16-12-15(24-3)13-18(25-4)20(16)26-5/h8-9,11-13,27H,6-7,10H2,1-5H3. The van der Waals surface area contributed by atoms with Crippen LogP contribution in [0.5, 0.6) is 17.2 Å². The lowest BCUT2D eigenvalue weighted by Crippen LogP contribution is -2.24. The van der Waals surface area contributed by atoms with Crippen LogP contribution in [0.4, 0.5) is 8.78 Å². The number of hydrogen-bond acceptors (Lipinski definition) is 3. The van der Waals surface area contributed by atoms with Gasteiger partial charge >= 0.3 is 0 Å². The van der Waals surface area contributed by atoms with Crippen LogP contribution in [0.15, 0.2) is 30.3 Å². The molecular formula is C21H27F2O3P. The van der Waals surface area contributed by atoms with Crippen LogP contribution in [-0.4, -0.2) is 21.3 Å². The molecule has 0 amide bonds. The average Bonchev–Trinajstić information content (AvgIpc) is 2.68. The minimum atomic E-state index is -0.570. The number of benzene rings is 2. The van der Waals surface area contributed by atoms with E-state index in [2.05, 4.69) is 13.8 Å². The summed E-state index contributed by atoms with van der Waals surface area (Å²) in [7, 11) is 4.88. The number of hydrogen-bond donors (Lipinski definition) is 0. The Kier molecular flexibility index (Phi) is 7.43. The first kappa shape index (κ1) is 21.4. The summed E-state index contributed by atoms with van der Waals surface area (Å²) in [6.45, 7) is 4.18. The Bertz CT molecular complexity index is 782. The second kappa shape index (κ2) is 9.36. The summed E-state index contributed by atoms with van der Waals surface area (Å²) < 4.78 is 44.4. The summed E-state index contributed by atoms with van der Waals surface area (Å²) in [4.78, 5) is 0. The SMILES string of the molecule is CCCC(CC)(Pc1ccc(F)cc1F)c1cc(OC)cc(OC)c1OC. The molecule has 27 heavy (non-hydrogen) atoms. The Hall–Kier alpha value is -1.87. The van der Waals surface area contributed by atoms with Gasteiger partial charge in [-0.05, 0) is 31.0 Å². The van der Waals surface area contributed by atoms with Gasteiger partial charge in [0.1, 0.15) is 17.4 Å². The molecular weight excluding hydrogens is 369 g/mol. The highest BCUT2D eigenvalue weighted by Crippen LogP contribution is 2.54. The molecule has 0 aliphatic carbocycles. The van der Waals surface area contributed by atoms with Crippen LogP contribution in [0.25, 0.3) is 0 Å². The third-order valence-electron chi connectivity index (χ3n) is 4.79. The van der Waals surface area contributed by atoms with Gasteiger partial charge in [-0.1, -0.05) is 28.8 Å². The number of halogens is 2. The Morgan fingerprint density at radius 1 is 0.963 bits per heavy atom. The van der Waals surface area contributed by atoms with Crippen molar-refractivity contribution in [3.05, 3.63) is 47.5 Å². The maximum Gasteiger partial charge on any atom is 0.165 e. The van der Waals surface area contributed by atoms with Crippen molar-refractivity contribution in [1.82, 2.24) is 0 Å². The van der Waals surface area contributed by atoms with E-state index in [1.807, 2.05) is 6.07 Å². The molecule has 2 atom stereocenters. The fourth-order valence-electron chi connectivity index (χ4n) is 3.41. The van der Waals surface area contributed by atoms with Crippen LogP contribution in [-0.2, 0) is 5.16 Å². The molecule has 0 bridgehead atoms. The summed E-state index contributed by atoms with van der Waals surface area (Å²) in [5, 5.41) is 0.135. The molecule has 0 radical (unpaired) electrons. The van der Waals surface area contributed by atoms with Gasteiger partial charge in [0.25, 0.3) is 0 Å². The van der Waals surface area contributed by atoms with Crippen LogP contribution in [0.1, 0.15) is 38.7 Å². The highest BCUT2D eigenvalue weighted by atomic mass is 31.1. The highest BCUT2D eigenvalue weighted by molar-refractivity contribution is 7.48. The molecule has 0 fully saturated rings. The average molecular weight is 396 g/mol. The molecule has 2 unspecified atom stereocenters. The minimum Gasteiger partial charge on any atom is -0.497 e. The smallest absolute Gasteiger partial charge is 0.165 e. The zero-order valence-corrected chi connectivity index (χ0v) is 17.5. The molecule has 3 nitrogen and oxygen atoms in total. The third-order valence-corrected chi connectivity index (χ3v) is 6.82. The number of methoxy groups -OCH3 is 3. The van der Waals surface area contributed by atoms with Crippen molar-refractivity contribution in [1.29, 1.82) is 0 Å². The van der Waals surface area contributed by atoms with Crippen molar-refractivity contribution in [2.24, 2.45) is 0 Å². The molecule has 2 rings (SSSR count). The first-order valence-electron chi connectivity index (χ1n) is 8.98. The minimum absolute atomic E-state index is 0.108. The Morgan fingerprint density at radius 3 is 2.22 bits per heavy atom. The van der Waals surface area contributed by atoms with Gasteiger partial charge in [0.05, 0.1) is 21.3 Å². The van der Waals surface area contributed by atoms with Gasteiger partial charge < -0.3 is 14.2 Å². The Morgan fingerprint density at radius 2 is 1.70 bits per heavy atom. The van der Waals surface area contributed by atoms with Crippen LogP contribution < -0.4 is 19.5 Å².